The van der Waals surface area contributed by atoms with E-state index in [1.165, 1.54) is 60.1 Å². The Kier molecular flexibility index (Phi) is 12.3. The number of benzene rings is 7. The molecule has 0 saturated carbocycles. The molecule has 0 unspecified atom stereocenters. The van der Waals surface area contributed by atoms with Gasteiger partial charge in [0.2, 0.25) is 0 Å². The van der Waals surface area contributed by atoms with Crippen molar-refractivity contribution in [2.45, 2.75) is 13.3 Å². The van der Waals surface area contributed by atoms with Crippen molar-refractivity contribution in [3.05, 3.63) is 205 Å². The molecule has 0 aliphatic heterocycles. The van der Waals surface area contributed by atoms with Crippen molar-refractivity contribution in [1.82, 2.24) is 4.57 Å². The van der Waals surface area contributed by atoms with E-state index >= 15 is 0 Å². The van der Waals surface area contributed by atoms with E-state index < -0.39 is 7.92 Å². The Balaban J connectivity index is 0.000000246. The fourth-order valence-corrected chi connectivity index (χ4v) is 8.46. The number of aliphatic hydroxyl groups is 1. The van der Waals surface area contributed by atoms with Crippen LogP contribution in [-0.4, -0.2) is 22.3 Å². The van der Waals surface area contributed by atoms with Gasteiger partial charge in [0.15, 0.2) is 0 Å². The summed E-state index contributed by atoms with van der Waals surface area (Å²) in [7, 11) is 0.363. The molecule has 0 fully saturated rings. The van der Waals surface area contributed by atoms with Gasteiger partial charge in [0.1, 0.15) is 0 Å². The van der Waals surface area contributed by atoms with Gasteiger partial charge < -0.3 is 15.1 Å². The highest BCUT2D eigenvalue weighted by molar-refractivity contribution is 7.79. The van der Waals surface area contributed by atoms with Crippen LogP contribution in [0.5, 0.6) is 0 Å². The molecular weight excluding hydrogens is 617 g/mol. The van der Waals surface area contributed by atoms with E-state index in [4.69, 9.17) is 5.11 Å². The molecule has 0 bridgehead atoms. The van der Waals surface area contributed by atoms with Gasteiger partial charge in [0.25, 0.3) is 0 Å². The van der Waals surface area contributed by atoms with E-state index in [0.717, 1.165) is 13.5 Å². The molecule has 0 aliphatic carbocycles. The molecule has 0 saturated heterocycles. The molecule has 1 aromatic heterocycles. The summed E-state index contributed by atoms with van der Waals surface area (Å²) in [6.07, 6.45) is 1.03. The summed E-state index contributed by atoms with van der Waals surface area (Å²) >= 11 is 0. The number of nitrogens with zero attached hydrogens (tertiary/aromatic N) is 1. The maximum absolute atomic E-state index is 7.00. The largest absolute Gasteiger partial charge is 0.412 e. The summed E-state index contributed by atoms with van der Waals surface area (Å²) < 4.78 is 2.39. The Labute approximate surface area is 290 Å². The smallest absolute Gasteiger partial charge is 0.0541 e. The summed E-state index contributed by atoms with van der Waals surface area (Å²) in [5.74, 6) is 0. The molecule has 7 aromatic carbocycles. The van der Waals surface area contributed by atoms with Gasteiger partial charge in [0.05, 0.1) is 11.0 Å². The second-order valence-electron chi connectivity index (χ2n) is 11.5. The van der Waals surface area contributed by atoms with Gasteiger partial charge in [-0.05, 0) is 84.7 Å². The number of hydrogen-bond acceptors (Lipinski definition) is 1. The average Bonchev–Trinajstić information content (AvgIpc) is 3.48. The van der Waals surface area contributed by atoms with Crippen LogP contribution in [0.25, 0.3) is 27.5 Å². The van der Waals surface area contributed by atoms with E-state index in [1.54, 1.807) is 0 Å². The third kappa shape index (κ3) is 8.23. The Morgan fingerprint density at radius 3 is 1.35 bits per heavy atom. The molecule has 8 rings (SSSR count). The summed E-state index contributed by atoms with van der Waals surface area (Å²) in [4.78, 5) is 0. The first-order valence-corrected chi connectivity index (χ1v) is 17.6. The van der Waals surface area contributed by atoms with Crippen molar-refractivity contribution in [3.8, 4) is 5.69 Å². The number of para-hydroxylation sites is 1. The standard InChI is InChI=1S/C31H24NP.C13H12.CH4O.H2O/c1-23-17-19-30-28(21-23)29-22-27(18-20-31(29)32(30)24-11-5-2-6-12-24)33(25-13-7-3-8-14-25)26-15-9-4-10-16-26;1-3-7-12(8-4-1)11-13-9-5-2-6-10-13;1-2;/h2-22H,1H3;1-10H,11H2;2H,1H3;1H2. The monoisotopic (exact) mass is 659 g/mol. The molecule has 8 aromatic rings. The predicted molar refractivity (Wildman–Crippen MR) is 212 cm³/mol. The third-order valence-electron chi connectivity index (χ3n) is 8.30. The maximum Gasteiger partial charge on any atom is 0.0541 e. The lowest BCUT2D eigenvalue weighted by molar-refractivity contribution is 0.399. The van der Waals surface area contributed by atoms with Crippen LogP contribution in [0.1, 0.15) is 16.7 Å². The lowest BCUT2D eigenvalue weighted by Crippen LogP contribution is -2.20. The minimum Gasteiger partial charge on any atom is -0.412 e. The minimum absolute atomic E-state index is 0. The molecule has 1 heterocycles. The second-order valence-corrected chi connectivity index (χ2v) is 13.8. The fourth-order valence-electron chi connectivity index (χ4n) is 6.15. The van der Waals surface area contributed by atoms with Crippen LogP contribution in [0, 0.1) is 6.92 Å². The van der Waals surface area contributed by atoms with E-state index in [2.05, 4.69) is 200 Å². The summed E-state index contributed by atoms with van der Waals surface area (Å²) in [5, 5.41) is 13.8. The van der Waals surface area contributed by atoms with Gasteiger partial charge in [-0.2, -0.15) is 0 Å². The van der Waals surface area contributed by atoms with Crippen LogP contribution in [0.2, 0.25) is 0 Å². The van der Waals surface area contributed by atoms with Crippen LogP contribution >= 0.6 is 7.92 Å². The molecule has 3 nitrogen and oxygen atoms in total. The van der Waals surface area contributed by atoms with Crippen LogP contribution in [-0.2, 0) is 6.42 Å². The average molecular weight is 660 g/mol. The summed E-state index contributed by atoms with van der Waals surface area (Å²) in [6, 6.07) is 67.5. The Morgan fingerprint density at radius 1 is 0.449 bits per heavy atom. The van der Waals surface area contributed by atoms with Crippen molar-refractivity contribution >= 4 is 45.6 Å². The first-order valence-electron chi connectivity index (χ1n) is 16.3. The molecule has 0 spiro atoms. The van der Waals surface area contributed by atoms with E-state index in [0.29, 0.717) is 0 Å². The number of aliphatic hydroxyl groups excluding tert-OH is 1. The van der Waals surface area contributed by atoms with Crippen molar-refractivity contribution in [3.63, 3.8) is 0 Å². The third-order valence-corrected chi connectivity index (χ3v) is 10.7. The highest BCUT2D eigenvalue weighted by atomic mass is 31.1. The highest BCUT2D eigenvalue weighted by Crippen LogP contribution is 2.37. The van der Waals surface area contributed by atoms with Crippen LogP contribution in [0.3, 0.4) is 0 Å². The van der Waals surface area contributed by atoms with Gasteiger partial charge in [-0.3, -0.25) is 0 Å². The molecule has 49 heavy (non-hydrogen) atoms. The first-order chi connectivity index (χ1) is 23.7. The SMILES string of the molecule is CO.Cc1ccc2c(c1)c1cc(P(c3ccccc3)c3ccccc3)ccc1n2-c1ccccc1.O.c1ccc(Cc2ccccc2)cc1. The zero-order chi connectivity index (χ0) is 33.1. The Bertz CT molecular complexity index is 2090. The first kappa shape index (κ1) is 35.0. The molecule has 0 radical (unpaired) electrons. The molecule has 0 atom stereocenters. The summed E-state index contributed by atoms with van der Waals surface area (Å²) in [5.41, 5.74) is 7.72. The lowest BCUT2D eigenvalue weighted by Gasteiger charge is -2.19. The zero-order valence-electron chi connectivity index (χ0n) is 27.9. The molecule has 0 aliphatic rings. The van der Waals surface area contributed by atoms with Gasteiger partial charge >= 0.3 is 0 Å². The maximum atomic E-state index is 7.00. The fraction of sp³-hybridized carbons (Fsp3) is 0.0667. The molecule has 244 valence electrons. The van der Waals surface area contributed by atoms with Gasteiger partial charge in [-0.25, -0.2) is 0 Å². The van der Waals surface area contributed by atoms with Gasteiger partial charge in [-0.15, -0.1) is 0 Å². The molecule has 4 heteroatoms. The quantitative estimate of drug-likeness (QED) is 0.178. The van der Waals surface area contributed by atoms with Crippen LogP contribution in [0.15, 0.2) is 188 Å². The minimum atomic E-state index is -0.637. The predicted octanol–water partition coefficient (Wildman–Crippen LogP) is 8.91. The number of hydrogen-bond donors (Lipinski definition) is 1. The van der Waals surface area contributed by atoms with Crippen LogP contribution < -0.4 is 15.9 Å². The number of rotatable bonds is 6. The van der Waals surface area contributed by atoms with E-state index in [1.807, 2.05) is 0 Å². The zero-order valence-corrected chi connectivity index (χ0v) is 28.8. The Hall–Kier alpha value is -5.31. The molecular formula is C45H42NO2P. The number of fused-ring (bicyclic) bond motifs is 3. The lowest BCUT2D eigenvalue weighted by atomic mass is 10.1. The van der Waals surface area contributed by atoms with Crippen LogP contribution in [0.4, 0.5) is 0 Å². The molecule has 0 amide bonds. The number of aryl methyl sites for hydroxylation is 1. The van der Waals surface area contributed by atoms with E-state index in [9.17, 15) is 0 Å². The van der Waals surface area contributed by atoms with E-state index in [-0.39, 0.29) is 5.48 Å². The highest BCUT2D eigenvalue weighted by Gasteiger charge is 2.19. The molecule has 3 N–H and O–H groups in total. The van der Waals surface area contributed by atoms with Crippen molar-refractivity contribution in [1.29, 1.82) is 0 Å². The number of aromatic nitrogens is 1. The normalized spacial score (nSPS) is 10.4. The topological polar surface area (TPSA) is 56.7 Å². The van der Waals surface area contributed by atoms with Crippen molar-refractivity contribution < 1.29 is 10.6 Å². The van der Waals surface area contributed by atoms with Gasteiger partial charge in [-0.1, -0.05) is 157 Å². The van der Waals surface area contributed by atoms with Crippen molar-refractivity contribution in [2.24, 2.45) is 0 Å². The second kappa shape index (κ2) is 17.2. The Morgan fingerprint density at radius 2 is 0.857 bits per heavy atom. The van der Waals surface area contributed by atoms with Gasteiger partial charge in [0, 0.05) is 23.6 Å². The van der Waals surface area contributed by atoms with Crippen molar-refractivity contribution in [2.75, 3.05) is 7.11 Å². The summed E-state index contributed by atoms with van der Waals surface area (Å²) in [6.45, 7) is 2.18.